The third-order valence-corrected chi connectivity index (χ3v) is 2.46. The van der Waals surface area contributed by atoms with E-state index >= 15 is 0 Å². The first-order valence-corrected chi connectivity index (χ1v) is 4.31. The lowest BCUT2D eigenvalue weighted by Gasteiger charge is -2.38. The van der Waals surface area contributed by atoms with E-state index in [-0.39, 0.29) is 18.2 Å². The van der Waals surface area contributed by atoms with Gasteiger partial charge in [-0.15, -0.1) is 12.4 Å². The molecular weight excluding hydrogens is 205 g/mol. The Bertz CT molecular complexity index is 339. The van der Waals surface area contributed by atoms with Gasteiger partial charge in [0.2, 0.25) is 0 Å². The van der Waals surface area contributed by atoms with E-state index in [4.69, 9.17) is 0 Å². The first kappa shape index (κ1) is 11.4. The van der Waals surface area contributed by atoms with Gasteiger partial charge in [-0.3, -0.25) is 0 Å². The minimum Gasteiger partial charge on any atom is -0.382 e. The summed E-state index contributed by atoms with van der Waals surface area (Å²) in [6.07, 6.45) is 0. The zero-order valence-electron chi connectivity index (χ0n) is 7.88. The number of aliphatic hydroxyl groups is 1. The van der Waals surface area contributed by atoms with Crippen molar-refractivity contribution in [3.8, 4) is 0 Å². The van der Waals surface area contributed by atoms with Gasteiger partial charge in [-0.25, -0.2) is 4.39 Å². The Kier molecular flexibility index (Phi) is 3.14. The normalized spacial score (nSPS) is 18.2. The molecule has 2 rings (SSSR count). The number of β-amino-alcohol motifs (C(OH)–C–C–N with tert-alkyl or cyclic N) is 1. The van der Waals surface area contributed by atoms with Gasteiger partial charge >= 0.3 is 0 Å². The van der Waals surface area contributed by atoms with Crippen LogP contribution in [0.1, 0.15) is 11.1 Å². The second-order valence-corrected chi connectivity index (χ2v) is 3.62. The van der Waals surface area contributed by atoms with Crippen molar-refractivity contribution in [2.75, 3.05) is 13.1 Å². The zero-order chi connectivity index (χ0) is 9.47. The Morgan fingerprint density at radius 3 is 2.57 bits per heavy atom. The molecule has 0 amide bonds. The smallest absolute Gasteiger partial charge is 0.129 e. The van der Waals surface area contributed by atoms with Gasteiger partial charge < -0.3 is 10.4 Å². The molecule has 0 aliphatic carbocycles. The first-order chi connectivity index (χ1) is 6.12. The number of halogens is 2. The second-order valence-electron chi connectivity index (χ2n) is 3.62. The quantitative estimate of drug-likeness (QED) is 0.744. The maximum Gasteiger partial charge on any atom is 0.129 e. The summed E-state index contributed by atoms with van der Waals surface area (Å²) in [5.74, 6) is -0.324. The number of hydrogen-bond acceptors (Lipinski definition) is 2. The van der Waals surface area contributed by atoms with Crippen molar-refractivity contribution in [3.63, 3.8) is 0 Å². The Balaban J connectivity index is 0.000000980. The maximum absolute atomic E-state index is 13.3. The molecule has 1 aliphatic heterocycles. The average molecular weight is 218 g/mol. The fourth-order valence-electron chi connectivity index (χ4n) is 1.55. The highest BCUT2D eigenvalue weighted by Gasteiger charge is 2.38. The zero-order valence-corrected chi connectivity index (χ0v) is 8.70. The monoisotopic (exact) mass is 217 g/mol. The standard InChI is InChI=1S/C10H12FNO.ClH/c1-7-2-3-9(11)8(4-7)10(13)5-12-6-10;/h2-4,12-13H,5-6H2,1H3;1H. The predicted octanol–water partition coefficient (Wildman–Crippen LogP) is 1.35. The van der Waals surface area contributed by atoms with E-state index in [1.807, 2.05) is 6.92 Å². The van der Waals surface area contributed by atoms with E-state index in [1.165, 1.54) is 6.07 Å². The van der Waals surface area contributed by atoms with Crippen molar-refractivity contribution in [1.82, 2.24) is 5.32 Å². The largest absolute Gasteiger partial charge is 0.382 e. The van der Waals surface area contributed by atoms with Gasteiger partial charge in [0.1, 0.15) is 11.4 Å². The molecule has 1 fully saturated rings. The van der Waals surface area contributed by atoms with Gasteiger partial charge in [0.25, 0.3) is 0 Å². The Morgan fingerprint density at radius 2 is 2.07 bits per heavy atom. The second kappa shape index (κ2) is 3.85. The molecule has 1 saturated heterocycles. The van der Waals surface area contributed by atoms with Crippen molar-refractivity contribution < 1.29 is 9.50 Å². The summed E-state index contributed by atoms with van der Waals surface area (Å²) in [6, 6.07) is 4.81. The van der Waals surface area contributed by atoms with Gasteiger partial charge in [-0.05, 0) is 13.0 Å². The highest BCUT2D eigenvalue weighted by molar-refractivity contribution is 5.85. The molecule has 1 aromatic rings. The van der Waals surface area contributed by atoms with E-state index in [9.17, 15) is 9.50 Å². The van der Waals surface area contributed by atoms with Crippen molar-refractivity contribution >= 4 is 12.4 Å². The molecule has 0 saturated carbocycles. The number of rotatable bonds is 1. The Hall–Kier alpha value is -0.640. The number of aryl methyl sites for hydroxylation is 1. The Morgan fingerprint density at radius 1 is 1.43 bits per heavy atom. The van der Waals surface area contributed by atoms with Crippen LogP contribution in [0.3, 0.4) is 0 Å². The average Bonchev–Trinajstić information content (AvgIpc) is 2.05. The molecule has 0 radical (unpaired) electrons. The van der Waals surface area contributed by atoms with Gasteiger partial charge in [-0.2, -0.15) is 0 Å². The van der Waals surface area contributed by atoms with Gasteiger partial charge in [0.15, 0.2) is 0 Å². The van der Waals surface area contributed by atoms with Gasteiger partial charge in [-0.1, -0.05) is 17.7 Å². The SMILES string of the molecule is Cc1ccc(F)c(C2(O)CNC2)c1.Cl. The van der Waals surface area contributed by atoms with Crippen LogP contribution in [0.2, 0.25) is 0 Å². The molecule has 1 heterocycles. The number of nitrogens with one attached hydrogen (secondary N) is 1. The van der Waals surface area contributed by atoms with Crippen LogP contribution in [0.4, 0.5) is 4.39 Å². The Labute approximate surface area is 88.5 Å². The summed E-state index contributed by atoms with van der Waals surface area (Å²) >= 11 is 0. The van der Waals surface area contributed by atoms with Crippen LogP contribution in [0, 0.1) is 12.7 Å². The van der Waals surface area contributed by atoms with E-state index < -0.39 is 5.60 Å². The maximum atomic E-state index is 13.3. The van der Waals surface area contributed by atoms with Crippen LogP contribution in [0.15, 0.2) is 18.2 Å². The van der Waals surface area contributed by atoms with Crippen LogP contribution in [0.5, 0.6) is 0 Å². The highest BCUT2D eigenvalue weighted by atomic mass is 35.5. The fourth-order valence-corrected chi connectivity index (χ4v) is 1.55. The highest BCUT2D eigenvalue weighted by Crippen LogP contribution is 2.28. The van der Waals surface area contributed by atoms with Crippen LogP contribution < -0.4 is 5.32 Å². The lowest BCUT2D eigenvalue weighted by atomic mass is 9.87. The van der Waals surface area contributed by atoms with E-state index in [0.717, 1.165) is 5.56 Å². The molecule has 0 spiro atoms. The summed E-state index contributed by atoms with van der Waals surface area (Å²) < 4.78 is 13.3. The molecule has 2 nitrogen and oxygen atoms in total. The molecule has 1 aliphatic rings. The third kappa shape index (κ3) is 1.75. The molecule has 2 N–H and O–H groups in total. The summed E-state index contributed by atoms with van der Waals surface area (Å²) in [5.41, 5.74) is 0.388. The molecule has 0 bridgehead atoms. The molecule has 4 heteroatoms. The minimum atomic E-state index is -0.990. The third-order valence-electron chi connectivity index (χ3n) is 2.46. The first-order valence-electron chi connectivity index (χ1n) is 4.31. The molecule has 0 unspecified atom stereocenters. The molecule has 78 valence electrons. The van der Waals surface area contributed by atoms with E-state index in [2.05, 4.69) is 5.32 Å². The summed E-state index contributed by atoms with van der Waals surface area (Å²) in [4.78, 5) is 0. The molecule has 14 heavy (non-hydrogen) atoms. The lowest BCUT2D eigenvalue weighted by molar-refractivity contribution is -0.0177. The summed E-state index contributed by atoms with van der Waals surface area (Å²) in [7, 11) is 0. The van der Waals surface area contributed by atoms with Crippen molar-refractivity contribution in [2.45, 2.75) is 12.5 Å². The molecule has 0 aromatic heterocycles. The van der Waals surface area contributed by atoms with Crippen molar-refractivity contribution in [2.24, 2.45) is 0 Å². The van der Waals surface area contributed by atoms with Crippen LogP contribution in [-0.2, 0) is 5.60 Å². The summed E-state index contributed by atoms with van der Waals surface area (Å²) in [6.45, 7) is 2.76. The van der Waals surface area contributed by atoms with Crippen LogP contribution in [0.25, 0.3) is 0 Å². The van der Waals surface area contributed by atoms with Gasteiger partial charge in [0.05, 0.1) is 0 Å². The van der Waals surface area contributed by atoms with Gasteiger partial charge in [0, 0.05) is 18.7 Å². The lowest BCUT2D eigenvalue weighted by Crippen LogP contribution is -2.57. The van der Waals surface area contributed by atoms with Crippen LogP contribution >= 0.6 is 12.4 Å². The number of hydrogen-bond donors (Lipinski definition) is 2. The van der Waals surface area contributed by atoms with E-state index in [1.54, 1.807) is 12.1 Å². The fraction of sp³-hybridized carbons (Fsp3) is 0.400. The topological polar surface area (TPSA) is 32.3 Å². The van der Waals surface area contributed by atoms with Crippen molar-refractivity contribution in [1.29, 1.82) is 0 Å². The van der Waals surface area contributed by atoms with Crippen molar-refractivity contribution in [3.05, 3.63) is 35.1 Å². The number of benzene rings is 1. The molecule has 0 atom stereocenters. The van der Waals surface area contributed by atoms with Crippen LogP contribution in [-0.4, -0.2) is 18.2 Å². The predicted molar refractivity (Wildman–Crippen MR) is 55.2 cm³/mol. The molecule has 1 aromatic carbocycles. The minimum absolute atomic E-state index is 0. The molecular formula is C10H13ClFNO. The summed E-state index contributed by atoms with van der Waals surface area (Å²) in [5, 5.41) is 12.8. The van der Waals surface area contributed by atoms with E-state index in [0.29, 0.717) is 18.7 Å².